The number of hydrogen-bond donors (Lipinski definition) is 1. The fourth-order valence-corrected chi connectivity index (χ4v) is 4.78. The lowest BCUT2D eigenvalue weighted by molar-refractivity contribution is 0.100. The van der Waals surface area contributed by atoms with E-state index in [-0.39, 0.29) is 11.1 Å². The van der Waals surface area contributed by atoms with Crippen molar-refractivity contribution in [3.05, 3.63) is 105 Å². The summed E-state index contributed by atoms with van der Waals surface area (Å²) in [6, 6.07) is 15.5. The van der Waals surface area contributed by atoms with Crippen LogP contribution in [-0.4, -0.2) is 10.5 Å². The van der Waals surface area contributed by atoms with Gasteiger partial charge < -0.3 is 10.3 Å². The van der Waals surface area contributed by atoms with Crippen molar-refractivity contribution < 1.29 is 26.7 Å². The molecule has 5 aromatic rings. The maximum absolute atomic E-state index is 14.6. The van der Waals surface area contributed by atoms with Gasteiger partial charge in [0.25, 0.3) is 0 Å². The Morgan fingerprint density at radius 2 is 1.56 bits per heavy atom. The van der Waals surface area contributed by atoms with Crippen LogP contribution in [0.5, 0.6) is 0 Å². The minimum Gasteiger partial charge on any atom is -0.366 e. The van der Waals surface area contributed by atoms with Crippen LogP contribution in [0.25, 0.3) is 32.9 Å². The van der Waals surface area contributed by atoms with Crippen LogP contribution in [-0.2, 0) is 6.54 Å². The van der Waals surface area contributed by atoms with Crippen molar-refractivity contribution in [1.29, 1.82) is 0 Å². The molecule has 3 nitrogen and oxygen atoms in total. The van der Waals surface area contributed by atoms with Gasteiger partial charge in [-0.1, -0.05) is 35.3 Å². The van der Waals surface area contributed by atoms with Gasteiger partial charge in [0.1, 0.15) is 0 Å². The van der Waals surface area contributed by atoms with Crippen LogP contribution in [0.4, 0.5) is 22.0 Å². The first kappa shape index (κ1) is 24.1. The first-order chi connectivity index (χ1) is 17.1. The van der Waals surface area contributed by atoms with Crippen molar-refractivity contribution in [2.45, 2.75) is 6.54 Å². The molecule has 0 aliphatic heterocycles. The molecule has 0 saturated heterocycles. The normalized spacial score (nSPS) is 11.5. The first-order valence-electron chi connectivity index (χ1n) is 10.3. The molecule has 36 heavy (non-hydrogen) atoms. The first-order valence-corrected chi connectivity index (χ1v) is 11.1. The molecule has 5 rings (SSSR count). The molecule has 0 spiro atoms. The molecule has 0 fully saturated rings. The lowest BCUT2D eigenvalue weighted by Crippen LogP contribution is -2.12. The average Bonchev–Trinajstić information content (AvgIpc) is 3.16. The Balaban J connectivity index is 1.85. The molecule has 0 saturated carbocycles. The van der Waals surface area contributed by atoms with Crippen molar-refractivity contribution in [3.8, 4) is 11.1 Å². The summed E-state index contributed by atoms with van der Waals surface area (Å²) < 4.78 is 72.0. The number of halogens is 7. The van der Waals surface area contributed by atoms with Crippen LogP contribution in [0.3, 0.4) is 0 Å². The van der Waals surface area contributed by atoms with Crippen LogP contribution in [0, 0.1) is 35.2 Å². The maximum atomic E-state index is 14.6. The summed E-state index contributed by atoms with van der Waals surface area (Å²) in [6.45, 7) is -0.736. The number of hydrogen-bond acceptors (Lipinski definition) is 1. The SMILES string of the molecule is NC(=O)c1cccc2c1c1[c]cc(-c3ccc(Cl)cc3Cl)cc1n2Cc1c(F)c(F)c(F)c(F)c1F. The minimum atomic E-state index is -2.25. The zero-order chi connectivity index (χ0) is 25.9. The van der Waals surface area contributed by atoms with Crippen molar-refractivity contribution in [2.24, 2.45) is 5.73 Å². The smallest absolute Gasteiger partial charge is 0.249 e. The van der Waals surface area contributed by atoms with Crippen LogP contribution in [0.2, 0.25) is 10.0 Å². The summed E-state index contributed by atoms with van der Waals surface area (Å²) in [5, 5.41) is 1.39. The largest absolute Gasteiger partial charge is 0.366 e. The van der Waals surface area contributed by atoms with Crippen molar-refractivity contribution in [2.75, 3.05) is 0 Å². The highest BCUT2D eigenvalue weighted by Crippen LogP contribution is 2.37. The molecule has 0 bridgehead atoms. The van der Waals surface area contributed by atoms with E-state index in [9.17, 15) is 26.7 Å². The standard InChI is InChI=1S/C26H12Cl2F5N2O/c27-12-5-7-13(17(28)9-12)11-4-6-14-19(8-11)35(18-3-1-2-15(20(14)18)26(34)36)10-16-21(29)23(31)25(33)24(32)22(16)30/h1-5,7-9H,10H2,(H2,34,36). The number of aromatic nitrogens is 1. The molecule has 181 valence electrons. The van der Waals surface area contributed by atoms with Gasteiger partial charge in [0, 0.05) is 37.5 Å². The summed E-state index contributed by atoms with van der Waals surface area (Å²) in [5.41, 5.74) is 6.27. The van der Waals surface area contributed by atoms with E-state index in [2.05, 4.69) is 6.07 Å². The number of primary amides is 1. The van der Waals surface area contributed by atoms with E-state index >= 15 is 0 Å². The van der Waals surface area contributed by atoms with E-state index in [1.54, 1.807) is 24.3 Å². The predicted octanol–water partition coefficient (Wildman–Crippen LogP) is 7.41. The Hall–Kier alpha value is -3.62. The third kappa shape index (κ3) is 3.68. The number of nitrogens with two attached hydrogens (primary N) is 1. The van der Waals surface area contributed by atoms with Crippen molar-refractivity contribution >= 4 is 50.9 Å². The fourth-order valence-electron chi connectivity index (χ4n) is 4.26. The highest BCUT2D eigenvalue weighted by Gasteiger charge is 2.27. The molecule has 0 atom stereocenters. The van der Waals surface area contributed by atoms with Crippen LogP contribution >= 0.6 is 23.2 Å². The summed E-state index contributed by atoms with van der Waals surface area (Å²) in [4.78, 5) is 12.1. The van der Waals surface area contributed by atoms with Gasteiger partial charge in [0.15, 0.2) is 23.3 Å². The van der Waals surface area contributed by atoms with E-state index in [0.29, 0.717) is 37.5 Å². The molecule has 0 aliphatic rings. The number of rotatable bonds is 4. The topological polar surface area (TPSA) is 48.0 Å². The number of benzene rings is 4. The molecule has 0 unspecified atom stereocenters. The second kappa shape index (κ2) is 8.80. The molecular formula is C26H12Cl2F5N2O. The predicted molar refractivity (Wildman–Crippen MR) is 128 cm³/mol. The molecule has 2 N–H and O–H groups in total. The zero-order valence-electron chi connectivity index (χ0n) is 17.9. The molecule has 1 radical (unpaired) electrons. The molecule has 1 heterocycles. The van der Waals surface area contributed by atoms with Gasteiger partial charge in [-0.3, -0.25) is 4.79 Å². The maximum Gasteiger partial charge on any atom is 0.249 e. The fraction of sp³-hybridized carbons (Fsp3) is 0.0385. The Morgan fingerprint density at radius 1 is 0.889 bits per heavy atom. The van der Waals surface area contributed by atoms with Gasteiger partial charge >= 0.3 is 0 Å². The lowest BCUT2D eigenvalue weighted by Gasteiger charge is -2.12. The number of carbonyl (C=O) groups is 1. The van der Waals surface area contributed by atoms with Crippen molar-refractivity contribution in [1.82, 2.24) is 4.57 Å². The second-order valence-electron chi connectivity index (χ2n) is 7.97. The van der Waals surface area contributed by atoms with Crippen molar-refractivity contribution in [3.63, 3.8) is 0 Å². The van der Waals surface area contributed by atoms with E-state index in [4.69, 9.17) is 28.9 Å². The highest BCUT2D eigenvalue weighted by molar-refractivity contribution is 6.36. The number of amides is 1. The van der Waals surface area contributed by atoms with Crippen LogP contribution in [0.15, 0.2) is 48.5 Å². The van der Waals surface area contributed by atoms with Gasteiger partial charge in [-0.05, 0) is 48.0 Å². The van der Waals surface area contributed by atoms with Gasteiger partial charge in [0.2, 0.25) is 11.7 Å². The third-order valence-corrected chi connectivity index (χ3v) is 6.47. The van der Waals surface area contributed by atoms with Gasteiger partial charge in [-0.2, -0.15) is 0 Å². The monoisotopic (exact) mass is 533 g/mol. The summed E-state index contributed by atoms with van der Waals surface area (Å²) >= 11 is 12.3. The number of carbonyl (C=O) groups excluding carboxylic acids is 1. The van der Waals surface area contributed by atoms with E-state index < -0.39 is 47.1 Å². The van der Waals surface area contributed by atoms with Gasteiger partial charge in [-0.15, -0.1) is 0 Å². The molecule has 1 amide bonds. The molecule has 0 aliphatic carbocycles. The average molecular weight is 534 g/mol. The summed E-state index contributed by atoms with van der Waals surface area (Å²) in [5.74, 6) is -11.0. The Bertz CT molecular complexity index is 1700. The Morgan fingerprint density at radius 3 is 2.19 bits per heavy atom. The molecular weight excluding hydrogens is 522 g/mol. The highest BCUT2D eigenvalue weighted by atomic mass is 35.5. The van der Waals surface area contributed by atoms with Crippen LogP contribution in [0.1, 0.15) is 15.9 Å². The minimum absolute atomic E-state index is 0.0992. The quantitative estimate of drug-likeness (QED) is 0.146. The Labute approximate surface area is 210 Å². The third-order valence-electron chi connectivity index (χ3n) is 5.92. The number of fused-ring (bicyclic) bond motifs is 3. The zero-order valence-corrected chi connectivity index (χ0v) is 19.4. The van der Waals surface area contributed by atoms with E-state index in [0.717, 1.165) is 0 Å². The summed E-state index contributed by atoms with van der Waals surface area (Å²) in [6.07, 6.45) is 0. The molecule has 10 heteroatoms. The van der Waals surface area contributed by atoms with E-state index in [1.165, 1.54) is 28.8 Å². The van der Waals surface area contributed by atoms with Gasteiger partial charge in [-0.25, -0.2) is 22.0 Å². The van der Waals surface area contributed by atoms with Gasteiger partial charge in [0.05, 0.1) is 17.6 Å². The molecule has 1 aromatic heterocycles. The van der Waals surface area contributed by atoms with E-state index in [1.807, 2.05) is 0 Å². The molecule has 4 aromatic carbocycles. The lowest BCUT2D eigenvalue weighted by atomic mass is 10.0. The second-order valence-corrected chi connectivity index (χ2v) is 8.81. The number of nitrogens with zero attached hydrogens (tertiary/aromatic N) is 1. The Kier molecular flexibility index (Phi) is 5.89. The van der Waals surface area contributed by atoms with Crippen LogP contribution < -0.4 is 5.73 Å². The summed E-state index contributed by atoms with van der Waals surface area (Å²) in [7, 11) is 0.